The van der Waals surface area contributed by atoms with Gasteiger partial charge in [0.1, 0.15) is 5.75 Å². The van der Waals surface area contributed by atoms with Crippen molar-refractivity contribution in [3.8, 4) is 16.9 Å². The zero-order chi connectivity index (χ0) is 14.5. The highest BCUT2D eigenvalue weighted by atomic mass is 19.3. The molecule has 2 aromatic rings. The summed E-state index contributed by atoms with van der Waals surface area (Å²) in [5, 5.41) is 0. The first-order valence-corrected chi connectivity index (χ1v) is 6.71. The van der Waals surface area contributed by atoms with Gasteiger partial charge in [-0.1, -0.05) is 38.1 Å². The lowest BCUT2D eigenvalue weighted by molar-refractivity contribution is -0.187. The summed E-state index contributed by atoms with van der Waals surface area (Å²) >= 11 is 0. The Hall–Kier alpha value is -1.90. The standard InChI is InChI=1S/C17H16F2O/c1-10(2)12-5-7-13-14-6-4-11(3)8-16(14)20-17(18,19)15(13)9-12/h4-10H,1-3H3. The molecule has 2 aromatic carbocycles. The smallest absolute Gasteiger partial charge is 0.427 e. The van der Waals surface area contributed by atoms with Crippen LogP contribution in [0.3, 0.4) is 0 Å². The van der Waals surface area contributed by atoms with Crippen molar-refractivity contribution in [1.29, 1.82) is 0 Å². The Morgan fingerprint density at radius 3 is 2.40 bits per heavy atom. The third-order valence-electron chi connectivity index (χ3n) is 3.69. The van der Waals surface area contributed by atoms with Gasteiger partial charge in [0, 0.05) is 5.56 Å². The van der Waals surface area contributed by atoms with Crippen LogP contribution in [0.15, 0.2) is 36.4 Å². The molecular weight excluding hydrogens is 258 g/mol. The zero-order valence-electron chi connectivity index (χ0n) is 11.7. The van der Waals surface area contributed by atoms with E-state index in [0.29, 0.717) is 5.56 Å². The molecule has 0 aromatic heterocycles. The molecular formula is C17H16F2O. The molecule has 0 bridgehead atoms. The molecule has 0 amide bonds. The van der Waals surface area contributed by atoms with Gasteiger partial charge < -0.3 is 4.74 Å². The second-order valence-corrected chi connectivity index (χ2v) is 5.58. The summed E-state index contributed by atoms with van der Waals surface area (Å²) in [6.45, 7) is 5.83. The van der Waals surface area contributed by atoms with E-state index in [0.717, 1.165) is 16.7 Å². The first-order valence-electron chi connectivity index (χ1n) is 6.71. The molecule has 20 heavy (non-hydrogen) atoms. The summed E-state index contributed by atoms with van der Waals surface area (Å²) in [5.41, 5.74) is 3.04. The van der Waals surface area contributed by atoms with E-state index in [9.17, 15) is 8.78 Å². The summed E-state index contributed by atoms with van der Waals surface area (Å²) in [6.07, 6.45) is -3.28. The van der Waals surface area contributed by atoms with Crippen LogP contribution >= 0.6 is 0 Å². The number of benzene rings is 2. The molecule has 0 fully saturated rings. The Balaban J connectivity index is 2.25. The van der Waals surface area contributed by atoms with Crippen molar-refractivity contribution in [3.05, 3.63) is 53.1 Å². The van der Waals surface area contributed by atoms with Gasteiger partial charge in [0.25, 0.3) is 0 Å². The molecule has 0 N–H and O–H groups in total. The van der Waals surface area contributed by atoms with Crippen molar-refractivity contribution >= 4 is 0 Å². The Kier molecular flexibility index (Phi) is 2.82. The van der Waals surface area contributed by atoms with E-state index in [1.54, 1.807) is 18.2 Å². The summed E-state index contributed by atoms with van der Waals surface area (Å²) in [4.78, 5) is 0. The van der Waals surface area contributed by atoms with Crippen LogP contribution in [0.2, 0.25) is 0 Å². The number of halogens is 2. The van der Waals surface area contributed by atoms with Crippen LogP contribution in [0.4, 0.5) is 8.78 Å². The molecule has 1 nitrogen and oxygen atoms in total. The van der Waals surface area contributed by atoms with Crippen molar-refractivity contribution in [2.24, 2.45) is 0 Å². The number of rotatable bonds is 1. The predicted octanol–water partition coefficient (Wildman–Crippen LogP) is 5.23. The largest absolute Gasteiger partial charge is 0.428 e. The Bertz CT molecular complexity index is 675. The average molecular weight is 274 g/mol. The maximum atomic E-state index is 14.2. The maximum Gasteiger partial charge on any atom is 0.427 e. The van der Waals surface area contributed by atoms with Crippen molar-refractivity contribution in [1.82, 2.24) is 0 Å². The molecule has 1 aliphatic rings. The molecule has 0 aliphatic carbocycles. The molecule has 3 rings (SSSR count). The summed E-state index contributed by atoms with van der Waals surface area (Å²) in [5.74, 6) is 0.454. The maximum absolute atomic E-state index is 14.2. The van der Waals surface area contributed by atoms with Crippen LogP contribution in [0.5, 0.6) is 5.75 Å². The number of hydrogen-bond acceptors (Lipinski definition) is 1. The van der Waals surface area contributed by atoms with Crippen molar-refractivity contribution < 1.29 is 13.5 Å². The predicted molar refractivity (Wildman–Crippen MR) is 75.2 cm³/mol. The fraction of sp³-hybridized carbons (Fsp3) is 0.294. The van der Waals surface area contributed by atoms with Crippen LogP contribution < -0.4 is 4.74 Å². The molecule has 0 saturated heterocycles. The number of aryl methyl sites for hydroxylation is 1. The van der Waals surface area contributed by atoms with Gasteiger partial charge in [-0.25, -0.2) is 0 Å². The topological polar surface area (TPSA) is 9.23 Å². The highest BCUT2D eigenvalue weighted by molar-refractivity contribution is 5.76. The summed E-state index contributed by atoms with van der Waals surface area (Å²) < 4.78 is 33.4. The second kappa shape index (κ2) is 4.30. The van der Waals surface area contributed by atoms with Crippen LogP contribution in [-0.2, 0) is 6.11 Å². The molecule has 3 heteroatoms. The first kappa shape index (κ1) is 13.1. The highest BCUT2D eigenvalue weighted by Crippen LogP contribution is 2.47. The van der Waals surface area contributed by atoms with E-state index in [-0.39, 0.29) is 17.2 Å². The van der Waals surface area contributed by atoms with Crippen molar-refractivity contribution in [2.45, 2.75) is 32.8 Å². The van der Waals surface area contributed by atoms with Gasteiger partial charge in [0.15, 0.2) is 0 Å². The minimum absolute atomic E-state index is 0.0416. The summed E-state index contributed by atoms with van der Waals surface area (Å²) in [6, 6.07) is 10.6. The van der Waals surface area contributed by atoms with E-state index in [2.05, 4.69) is 0 Å². The average Bonchev–Trinajstić information content (AvgIpc) is 2.37. The van der Waals surface area contributed by atoms with Crippen molar-refractivity contribution in [2.75, 3.05) is 0 Å². The molecule has 1 heterocycles. The monoisotopic (exact) mass is 274 g/mol. The Labute approximate surface area is 117 Å². The third-order valence-corrected chi connectivity index (χ3v) is 3.69. The van der Waals surface area contributed by atoms with Gasteiger partial charge in [0.05, 0.1) is 5.56 Å². The molecule has 104 valence electrons. The summed E-state index contributed by atoms with van der Waals surface area (Å²) in [7, 11) is 0. The second-order valence-electron chi connectivity index (χ2n) is 5.58. The molecule has 0 spiro atoms. The Morgan fingerprint density at radius 2 is 1.70 bits per heavy atom. The highest BCUT2D eigenvalue weighted by Gasteiger charge is 2.42. The van der Waals surface area contributed by atoms with Crippen molar-refractivity contribution in [3.63, 3.8) is 0 Å². The lowest BCUT2D eigenvalue weighted by atomic mass is 9.91. The van der Waals surface area contributed by atoms with Crippen LogP contribution in [0.25, 0.3) is 11.1 Å². The van der Waals surface area contributed by atoms with Crippen LogP contribution in [0.1, 0.15) is 36.5 Å². The van der Waals surface area contributed by atoms with E-state index in [1.807, 2.05) is 39.0 Å². The van der Waals surface area contributed by atoms with Gasteiger partial charge in [-0.05, 0) is 41.7 Å². The zero-order valence-corrected chi connectivity index (χ0v) is 11.7. The first-order chi connectivity index (χ1) is 9.38. The fourth-order valence-electron chi connectivity index (χ4n) is 2.53. The number of alkyl halides is 2. The molecule has 0 saturated carbocycles. The normalized spacial score (nSPS) is 15.5. The van der Waals surface area contributed by atoms with E-state index in [1.165, 1.54) is 0 Å². The quantitative estimate of drug-likeness (QED) is 0.692. The van der Waals surface area contributed by atoms with Crippen LogP contribution in [0, 0.1) is 6.92 Å². The SMILES string of the molecule is Cc1ccc2c(c1)OC(F)(F)c1cc(C(C)C)ccc1-2. The molecule has 1 aliphatic heterocycles. The van der Waals surface area contributed by atoms with Gasteiger partial charge in [0.2, 0.25) is 0 Å². The molecule has 0 radical (unpaired) electrons. The number of ether oxygens (including phenoxy) is 1. The molecule has 0 atom stereocenters. The number of fused-ring (bicyclic) bond motifs is 3. The third kappa shape index (κ3) is 1.98. The minimum atomic E-state index is -3.28. The van der Waals surface area contributed by atoms with E-state index in [4.69, 9.17) is 4.74 Å². The lowest BCUT2D eigenvalue weighted by Gasteiger charge is -2.29. The van der Waals surface area contributed by atoms with Gasteiger partial charge in [-0.2, -0.15) is 8.78 Å². The van der Waals surface area contributed by atoms with Gasteiger partial charge in [-0.3, -0.25) is 0 Å². The van der Waals surface area contributed by atoms with E-state index < -0.39 is 6.11 Å². The van der Waals surface area contributed by atoms with E-state index >= 15 is 0 Å². The van der Waals surface area contributed by atoms with Gasteiger partial charge in [-0.15, -0.1) is 0 Å². The Morgan fingerprint density at radius 1 is 1.00 bits per heavy atom. The minimum Gasteiger partial charge on any atom is -0.428 e. The lowest BCUT2D eigenvalue weighted by Crippen LogP contribution is -2.26. The van der Waals surface area contributed by atoms with Gasteiger partial charge >= 0.3 is 6.11 Å². The fourth-order valence-corrected chi connectivity index (χ4v) is 2.53. The molecule has 0 unspecified atom stereocenters. The number of hydrogen-bond donors (Lipinski definition) is 0. The van der Waals surface area contributed by atoms with Crippen LogP contribution in [-0.4, -0.2) is 0 Å².